The normalized spacial score (nSPS) is 23.4. The Balaban J connectivity index is 1.00. The molecule has 1 fully saturated rings. The van der Waals surface area contributed by atoms with E-state index in [9.17, 15) is 0 Å². The minimum atomic E-state index is -0.0856. The lowest BCUT2D eigenvalue weighted by molar-refractivity contribution is -0.435. The number of allylic oxidation sites excluding steroid dienone is 13. The Kier molecular flexibility index (Phi) is 14.1. The molecule has 0 atom stereocenters. The molecule has 382 valence electrons. The van der Waals surface area contributed by atoms with E-state index in [1.54, 1.807) is 0 Å². The zero-order chi connectivity index (χ0) is 52.2. The molecule has 74 heavy (non-hydrogen) atoms. The predicted molar refractivity (Wildman–Crippen MR) is 319 cm³/mol. The number of para-hydroxylation sites is 4. The summed E-state index contributed by atoms with van der Waals surface area (Å²) in [6.07, 6.45) is 22.2. The molecule has 0 amide bonds. The topological polar surface area (TPSA) is 24.9 Å². The van der Waals surface area contributed by atoms with Gasteiger partial charge in [0.25, 0.3) is 0 Å². The molecule has 0 saturated heterocycles. The van der Waals surface area contributed by atoms with E-state index in [1.165, 1.54) is 101 Å². The molecular formula is C68H81N5S+2. The first-order valence-corrected chi connectivity index (χ1v) is 28.9. The smallest absolute Gasteiger partial charge is 0.209 e. The summed E-state index contributed by atoms with van der Waals surface area (Å²) in [5.74, 6) is 0.910. The van der Waals surface area contributed by atoms with E-state index in [4.69, 9.17) is 4.99 Å². The van der Waals surface area contributed by atoms with Gasteiger partial charge in [-0.2, -0.15) is 9.15 Å². The van der Waals surface area contributed by atoms with Crippen LogP contribution < -0.4 is 9.80 Å². The summed E-state index contributed by atoms with van der Waals surface area (Å²) in [4.78, 5) is 12.1. The van der Waals surface area contributed by atoms with E-state index < -0.39 is 0 Å². The van der Waals surface area contributed by atoms with Crippen LogP contribution in [0.1, 0.15) is 137 Å². The Labute approximate surface area is 449 Å². The van der Waals surface area contributed by atoms with Crippen molar-refractivity contribution in [2.75, 3.05) is 48.3 Å². The van der Waals surface area contributed by atoms with Crippen molar-refractivity contribution in [2.24, 2.45) is 4.99 Å². The summed E-state index contributed by atoms with van der Waals surface area (Å²) in [7, 11) is 0. The van der Waals surface area contributed by atoms with Gasteiger partial charge in [0.15, 0.2) is 11.4 Å². The van der Waals surface area contributed by atoms with Crippen LogP contribution >= 0.6 is 11.8 Å². The predicted octanol–water partition coefficient (Wildman–Crippen LogP) is 16.3. The van der Waals surface area contributed by atoms with Gasteiger partial charge in [0.2, 0.25) is 11.4 Å². The van der Waals surface area contributed by atoms with Crippen LogP contribution in [0, 0.1) is 0 Å². The number of anilines is 2. The molecule has 6 aliphatic rings. The highest BCUT2D eigenvalue weighted by Crippen LogP contribution is 2.50. The van der Waals surface area contributed by atoms with Gasteiger partial charge in [-0.1, -0.05) is 125 Å². The van der Waals surface area contributed by atoms with Gasteiger partial charge in [-0.25, -0.2) is 0 Å². The quantitative estimate of drug-likeness (QED) is 0.0930. The van der Waals surface area contributed by atoms with Crippen LogP contribution in [0.3, 0.4) is 0 Å². The van der Waals surface area contributed by atoms with E-state index >= 15 is 0 Å². The van der Waals surface area contributed by atoms with E-state index in [-0.39, 0.29) is 21.7 Å². The monoisotopic (exact) mass is 1000 g/mol. The fourth-order valence-electron chi connectivity index (χ4n) is 13.6. The Bertz CT molecular complexity index is 3220. The van der Waals surface area contributed by atoms with E-state index in [2.05, 4.69) is 242 Å². The lowest BCUT2D eigenvalue weighted by Gasteiger charge is -2.26. The van der Waals surface area contributed by atoms with Crippen molar-refractivity contribution in [1.82, 2.24) is 0 Å². The third-order valence-corrected chi connectivity index (χ3v) is 18.8. The molecule has 1 saturated carbocycles. The molecule has 0 unspecified atom stereocenters. The molecular weight excluding hydrogens is 919 g/mol. The number of aliphatic imine (C=N–C) groups is 1. The molecule has 0 spiro atoms. The minimum Gasteiger partial charge on any atom is -0.344 e. The third kappa shape index (κ3) is 8.71. The van der Waals surface area contributed by atoms with E-state index in [0.29, 0.717) is 0 Å². The van der Waals surface area contributed by atoms with Crippen LogP contribution in [0.5, 0.6) is 0 Å². The summed E-state index contributed by atoms with van der Waals surface area (Å²) < 4.78 is 5.09. The average molecular weight is 1000 g/mol. The van der Waals surface area contributed by atoms with Crippen molar-refractivity contribution in [3.05, 3.63) is 200 Å². The van der Waals surface area contributed by atoms with Crippen molar-refractivity contribution in [1.29, 1.82) is 0 Å². The number of hydrogen-bond acceptors (Lipinski definition) is 4. The lowest BCUT2D eigenvalue weighted by Crippen LogP contribution is -2.29. The number of benzene rings is 4. The molecule has 0 bridgehead atoms. The lowest BCUT2D eigenvalue weighted by atomic mass is 9.80. The highest BCUT2D eigenvalue weighted by molar-refractivity contribution is 8.03. The number of rotatable bonds is 14. The maximum Gasteiger partial charge on any atom is 0.209 e. The molecule has 0 N–H and O–H groups in total. The molecule has 4 aromatic rings. The molecule has 2 aliphatic carbocycles. The van der Waals surface area contributed by atoms with Crippen LogP contribution in [0.25, 0.3) is 0 Å². The van der Waals surface area contributed by atoms with Crippen LogP contribution in [0.2, 0.25) is 0 Å². The average Bonchev–Trinajstić information content (AvgIpc) is 4.18. The van der Waals surface area contributed by atoms with Crippen molar-refractivity contribution < 1.29 is 9.15 Å². The van der Waals surface area contributed by atoms with Crippen LogP contribution in [-0.4, -0.2) is 64.8 Å². The maximum atomic E-state index is 5.67. The second-order valence-corrected chi connectivity index (χ2v) is 24.2. The molecule has 10 rings (SSSR count). The summed E-state index contributed by atoms with van der Waals surface area (Å²) in [6, 6.07) is 36.0. The van der Waals surface area contributed by atoms with Crippen molar-refractivity contribution in [2.45, 2.75) is 137 Å². The molecule has 5 nitrogen and oxygen atoms in total. The van der Waals surface area contributed by atoms with Crippen molar-refractivity contribution >= 4 is 51.6 Å². The Hall–Kier alpha value is -5.98. The van der Waals surface area contributed by atoms with E-state index in [0.717, 1.165) is 70.6 Å². The van der Waals surface area contributed by atoms with Gasteiger partial charge >= 0.3 is 0 Å². The van der Waals surface area contributed by atoms with Crippen LogP contribution in [-0.2, 0) is 21.7 Å². The second-order valence-electron chi connectivity index (χ2n) is 23.1. The number of thioether (sulfide) groups is 1. The fraction of sp³-hybridized carbons (Fsp3) is 0.397. The highest BCUT2D eigenvalue weighted by atomic mass is 32.2. The highest BCUT2D eigenvalue weighted by Gasteiger charge is 2.46. The van der Waals surface area contributed by atoms with E-state index in [1.807, 2.05) is 11.8 Å². The van der Waals surface area contributed by atoms with Gasteiger partial charge in [-0.05, 0) is 139 Å². The van der Waals surface area contributed by atoms with Crippen molar-refractivity contribution in [3.63, 3.8) is 0 Å². The first-order chi connectivity index (χ1) is 35.6. The van der Waals surface area contributed by atoms with Gasteiger partial charge in [-0.3, -0.25) is 4.99 Å². The summed E-state index contributed by atoms with van der Waals surface area (Å²) in [6.45, 7) is 32.8. The van der Waals surface area contributed by atoms with Gasteiger partial charge in [-0.15, -0.1) is 11.8 Å². The minimum absolute atomic E-state index is 0.0363. The maximum absolute atomic E-state index is 5.67. The van der Waals surface area contributed by atoms with Gasteiger partial charge < -0.3 is 9.80 Å². The Morgan fingerprint density at radius 2 is 1.03 bits per heavy atom. The molecule has 0 radical (unpaired) electrons. The largest absolute Gasteiger partial charge is 0.344 e. The van der Waals surface area contributed by atoms with Gasteiger partial charge in [0.1, 0.15) is 13.1 Å². The molecule has 0 aromatic heterocycles. The zero-order valence-corrected chi connectivity index (χ0v) is 47.5. The summed E-state index contributed by atoms with van der Waals surface area (Å²) >= 11 is 2.02. The SMILES string of the molecule is CCN1C(=C/C=C2\CC/C(=C\CC3=[N+](CC)c4ccccc4C3(C)C)C2=NCCSC2=C(C=CC3=[N+](CC)c4ccccc4C3(C)C)CC/C2=C\C=C2\N(CC)c3ccccc3C2(C)C)C(C)(C)c2ccccc21. The second kappa shape index (κ2) is 20.3. The first kappa shape index (κ1) is 51.5. The Morgan fingerprint density at radius 3 is 1.61 bits per heavy atom. The molecule has 4 aromatic carbocycles. The standard InChI is InChI=1S/C68H81N5S/c1-13-70-55-29-21-17-25-51(55)65(5,6)59(70)41-37-47-33-34-48(38-42-60-66(7,8)52-26-18-22-30-56(52)71(60)14-2)63(47)69-45-46-74-64-49(39-43-61-67(9,10)53-27-19-23-31-57(53)72(61)15-3)35-36-50(64)40-44-62-68(11,12)54-28-20-24-32-58(54)73(62)16-4/h17-32,37-41,43-44H,13-16,33-36,42,45-46H2,1-12H3/q+2/b47-37+,48-38+,59-41?,69-63?. The molecule has 6 heteroatoms. The summed E-state index contributed by atoms with van der Waals surface area (Å²) in [5.41, 5.74) is 23.2. The zero-order valence-electron chi connectivity index (χ0n) is 46.7. The van der Waals surface area contributed by atoms with Gasteiger partial charge in [0, 0.05) is 99.6 Å². The number of hydrogen-bond donors (Lipinski definition) is 0. The van der Waals surface area contributed by atoms with Crippen LogP contribution in [0.15, 0.2) is 183 Å². The van der Waals surface area contributed by atoms with Crippen molar-refractivity contribution in [3.8, 4) is 0 Å². The fourth-order valence-corrected chi connectivity index (χ4v) is 14.7. The molecule has 4 heterocycles. The Morgan fingerprint density at radius 1 is 0.527 bits per heavy atom. The number of likely N-dealkylation sites (N-methyl/N-ethyl adjacent to an activating group) is 2. The van der Waals surface area contributed by atoms with Crippen LogP contribution in [0.4, 0.5) is 22.7 Å². The number of fused-ring (bicyclic) bond motifs is 4. The molecule has 4 aliphatic heterocycles. The first-order valence-electron chi connectivity index (χ1n) is 27.9. The number of nitrogens with zero attached hydrogens (tertiary/aromatic N) is 5. The van der Waals surface area contributed by atoms with Gasteiger partial charge in [0.05, 0.1) is 16.5 Å². The summed E-state index contributed by atoms with van der Waals surface area (Å²) in [5, 5.41) is 0. The third-order valence-electron chi connectivity index (χ3n) is 17.6.